The lowest BCUT2D eigenvalue weighted by Gasteiger charge is -2.11. The van der Waals surface area contributed by atoms with Gasteiger partial charge in [-0.2, -0.15) is 13.2 Å². The monoisotopic (exact) mass is 399 g/mol. The number of nitrogens with zero attached hydrogens (tertiary/aromatic N) is 2. The number of halogens is 3. The number of alkyl halides is 3. The number of carbonyl (C=O) groups is 1. The number of aromatic nitrogens is 2. The van der Waals surface area contributed by atoms with Crippen LogP contribution in [-0.4, -0.2) is 15.5 Å². The number of nitrogens with one attached hydrogen (secondary N) is 1. The van der Waals surface area contributed by atoms with Crippen LogP contribution in [0.5, 0.6) is 0 Å². The summed E-state index contributed by atoms with van der Waals surface area (Å²) < 4.78 is 40.2. The van der Waals surface area contributed by atoms with Crippen LogP contribution < -0.4 is 5.32 Å². The molecule has 0 aliphatic carbocycles. The molecular formula is C22H20F3N3O. The Morgan fingerprint density at radius 2 is 1.83 bits per heavy atom. The molecule has 0 bridgehead atoms. The quantitative estimate of drug-likeness (QED) is 0.665. The normalized spacial score (nSPS) is 13.8. The highest BCUT2D eigenvalue weighted by molar-refractivity contribution is 5.96. The van der Waals surface area contributed by atoms with Gasteiger partial charge in [0.15, 0.2) is 0 Å². The molecule has 1 amide bonds. The standard InChI is InChI=1S/C22H20F3N3O/c23-22(24,25)16-10-8-15(9-11-16)13-21(29)27-18-6-2-1-5-17(18)19-14-28-12-4-3-7-20(28)26-19/h1-2,5-6,8-11,14H,3-4,7,12-13H2,(H,27,29). The molecule has 3 aromatic rings. The second kappa shape index (κ2) is 7.73. The van der Waals surface area contributed by atoms with E-state index in [0.717, 1.165) is 55.0 Å². The van der Waals surface area contributed by atoms with Crippen molar-refractivity contribution in [1.82, 2.24) is 9.55 Å². The molecule has 0 saturated carbocycles. The molecule has 29 heavy (non-hydrogen) atoms. The highest BCUT2D eigenvalue weighted by Crippen LogP contribution is 2.30. The number of rotatable bonds is 4. The summed E-state index contributed by atoms with van der Waals surface area (Å²) >= 11 is 0. The smallest absolute Gasteiger partial charge is 0.334 e. The summed E-state index contributed by atoms with van der Waals surface area (Å²) in [6.45, 7) is 0.949. The average molecular weight is 399 g/mol. The fraction of sp³-hybridized carbons (Fsp3) is 0.273. The fourth-order valence-corrected chi connectivity index (χ4v) is 3.55. The molecule has 1 aliphatic rings. The van der Waals surface area contributed by atoms with Crippen LogP contribution in [0, 0.1) is 0 Å². The first-order valence-corrected chi connectivity index (χ1v) is 9.51. The molecule has 1 aromatic heterocycles. The van der Waals surface area contributed by atoms with Crippen LogP contribution in [0.25, 0.3) is 11.3 Å². The fourth-order valence-electron chi connectivity index (χ4n) is 3.55. The van der Waals surface area contributed by atoms with Gasteiger partial charge in [-0.25, -0.2) is 4.98 Å². The van der Waals surface area contributed by atoms with Gasteiger partial charge in [-0.15, -0.1) is 0 Å². The Labute approximate surface area is 166 Å². The third-order valence-electron chi connectivity index (χ3n) is 5.03. The lowest BCUT2D eigenvalue weighted by Crippen LogP contribution is -2.15. The number of benzene rings is 2. The van der Waals surface area contributed by atoms with E-state index in [1.165, 1.54) is 12.1 Å². The lowest BCUT2D eigenvalue weighted by atomic mass is 10.1. The molecular weight excluding hydrogens is 379 g/mol. The first-order chi connectivity index (χ1) is 13.9. The summed E-state index contributed by atoms with van der Waals surface area (Å²) in [6, 6.07) is 12.1. The maximum absolute atomic E-state index is 12.7. The molecule has 2 heterocycles. The largest absolute Gasteiger partial charge is 0.416 e. The van der Waals surface area contributed by atoms with Crippen LogP contribution in [0.2, 0.25) is 0 Å². The second-order valence-electron chi connectivity index (χ2n) is 7.16. The lowest BCUT2D eigenvalue weighted by molar-refractivity contribution is -0.137. The number of aryl methyl sites for hydroxylation is 2. The maximum atomic E-state index is 12.7. The summed E-state index contributed by atoms with van der Waals surface area (Å²) in [6.07, 6.45) is 0.823. The summed E-state index contributed by atoms with van der Waals surface area (Å²) in [5.41, 5.74) is 2.07. The van der Waals surface area contributed by atoms with Crippen molar-refractivity contribution in [2.24, 2.45) is 0 Å². The Balaban J connectivity index is 1.50. The van der Waals surface area contributed by atoms with E-state index in [4.69, 9.17) is 4.98 Å². The van der Waals surface area contributed by atoms with E-state index in [0.29, 0.717) is 11.3 Å². The Kier molecular flexibility index (Phi) is 5.13. The van der Waals surface area contributed by atoms with Crippen LogP contribution in [0.3, 0.4) is 0 Å². The van der Waals surface area contributed by atoms with E-state index in [1.807, 2.05) is 24.4 Å². The number of anilines is 1. The van der Waals surface area contributed by atoms with Gasteiger partial charge in [0.2, 0.25) is 5.91 Å². The van der Waals surface area contributed by atoms with Crippen molar-refractivity contribution < 1.29 is 18.0 Å². The number of hydrogen-bond donors (Lipinski definition) is 1. The van der Waals surface area contributed by atoms with Crippen molar-refractivity contribution in [3.05, 3.63) is 71.7 Å². The predicted molar refractivity (Wildman–Crippen MR) is 104 cm³/mol. The van der Waals surface area contributed by atoms with E-state index < -0.39 is 11.7 Å². The van der Waals surface area contributed by atoms with Crippen LogP contribution in [0.15, 0.2) is 54.7 Å². The number of imidazole rings is 1. The van der Waals surface area contributed by atoms with Gasteiger partial charge in [-0.05, 0) is 36.6 Å². The Morgan fingerprint density at radius 3 is 2.55 bits per heavy atom. The van der Waals surface area contributed by atoms with Crippen molar-refractivity contribution in [3.63, 3.8) is 0 Å². The number of fused-ring (bicyclic) bond motifs is 1. The third-order valence-corrected chi connectivity index (χ3v) is 5.03. The zero-order valence-electron chi connectivity index (χ0n) is 15.7. The Morgan fingerprint density at radius 1 is 1.07 bits per heavy atom. The topological polar surface area (TPSA) is 46.9 Å². The van der Waals surface area contributed by atoms with Crippen LogP contribution >= 0.6 is 0 Å². The zero-order chi connectivity index (χ0) is 20.4. The molecule has 0 fully saturated rings. The van der Waals surface area contributed by atoms with Crippen molar-refractivity contribution in [1.29, 1.82) is 0 Å². The average Bonchev–Trinajstić information content (AvgIpc) is 3.12. The van der Waals surface area contributed by atoms with Gasteiger partial charge in [0, 0.05) is 24.7 Å². The third kappa shape index (κ3) is 4.34. The minimum Gasteiger partial charge on any atom is -0.334 e. The van der Waals surface area contributed by atoms with Crippen LogP contribution in [-0.2, 0) is 30.4 Å². The molecule has 0 spiro atoms. The Hall–Kier alpha value is -3.09. The summed E-state index contributed by atoms with van der Waals surface area (Å²) in [4.78, 5) is 17.2. The van der Waals surface area contributed by atoms with Gasteiger partial charge in [-0.3, -0.25) is 4.79 Å². The minimum atomic E-state index is -4.39. The van der Waals surface area contributed by atoms with Gasteiger partial charge >= 0.3 is 6.18 Å². The SMILES string of the molecule is O=C(Cc1ccc(C(F)(F)F)cc1)Nc1ccccc1-c1cn2c(n1)CCCC2. The zero-order valence-corrected chi connectivity index (χ0v) is 15.7. The molecule has 7 heteroatoms. The van der Waals surface area contributed by atoms with E-state index in [1.54, 1.807) is 6.07 Å². The minimum absolute atomic E-state index is 0.00778. The van der Waals surface area contributed by atoms with E-state index in [2.05, 4.69) is 9.88 Å². The summed E-state index contributed by atoms with van der Waals surface area (Å²) in [7, 11) is 0. The highest BCUT2D eigenvalue weighted by Gasteiger charge is 2.30. The van der Waals surface area contributed by atoms with Gasteiger partial charge in [-0.1, -0.05) is 30.3 Å². The predicted octanol–water partition coefficient (Wildman–Crippen LogP) is 5.09. The van der Waals surface area contributed by atoms with E-state index in [9.17, 15) is 18.0 Å². The first-order valence-electron chi connectivity index (χ1n) is 9.51. The van der Waals surface area contributed by atoms with Crippen LogP contribution in [0.1, 0.15) is 29.8 Å². The number of carbonyl (C=O) groups excluding carboxylic acids is 1. The van der Waals surface area contributed by atoms with Gasteiger partial charge in [0.25, 0.3) is 0 Å². The van der Waals surface area contributed by atoms with E-state index in [-0.39, 0.29) is 12.3 Å². The van der Waals surface area contributed by atoms with Crippen molar-refractivity contribution in [2.75, 3.05) is 5.32 Å². The number of para-hydroxylation sites is 1. The van der Waals surface area contributed by atoms with E-state index >= 15 is 0 Å². The molecule has 0 saturated heterocycles. The molecule has 0 radical (unpaired) electrons. The Bertz CT molecular complexity index is 999. The number of amides is 1. The molecule has 1 aliphatic heterocycles. The molecule has 0 atom stereocenters. The first kappa shape index (κ1) is 19.2. The van der Waals surface area contributed by atoms with Gasteiger partial charge < -0.3 is 9.88 Å². The highest BCUT2D eigenvalue weighted by atomic mass is 19.4. The maximum Gasteiger partial charge on any atom is 0.416 e. The van der Waals surface area contributed by atoms with Crippen molar-refractivity contribution >= 4 is 11.6 Å². The number of hydrogen-bond acceptors (Lipinski definition) is 2. The van der Waals surface area contributed by atoms with Gasteiger partial charge in [0.1, 0.15) is 5.82 Å². The van der Waals surface area contributed by atoms with Gasteiger partial charge in [0.05, 0.1) is 23.4 Å². The summed E-state index contributed by atoms with van der Waals surface area (Å²) in [5.74, 6) is 0.762. The molecule has 0 unspecified atom stereocenters. The second-order valence-corrected chi connectivity index (χ2v) is 7.16. The van der Waals surface area contributed by atoms with Crippen LogP contribution in [0.4, 0.5) is 18.9 Å². The molecule has 4 rings (SSSR count). The molecule has 1 N–H and O–H groups in total. The molecule has 4 nitrogen and oxygen atoms in total. The molecule has 2 aromatic carbocycles. The van der Waals surface area contributed by atoms with Crippen molar-refractivity contribution in [2.45, 2.75) is 38.4 Å². The van der Waals surface area contributed by atoms with Crippen molar-refractivity contribution in [3.8, 4) is 11.3 Å². The summed E-state index contributed by atoms with van der Waals surface area (Å²) in [5, 5.41) is 2.87. The molecule has 150 valence electrons.